The molecule has 2 N–H and O–H groups in total. The summed E-state index contributed by atoms with van der Waals surface area (Å²) in [4.78, 5) is 22.9. The molecule has 0 aliphatic rings. The molecule has 1 heterocycles. The smallest absolute Gasteiger partial charge is 0.319 e. The number of rotatable bonds is 8. The van der Waals surface area contributed by atoms with Crippen molar-refractivity contribution in [1.29, 1.82) is 0 Å². The number of hydrogen-bond donors (Lipinski definition) is 2. The van der Waals surface area contributed by atoms with Crippen LogP contribution in [0.5, 0.6) is 0 Å². The summed E-state index contributed by atoms with van der Waals surface area (Å²) >= 11 is 1.49. The second kappa shape index (κ2) is 10.4. The minimum absolute atomic E-state index is 0.00720. The summed E-state index contributed by atoms with van der Waals surface area (Å²) in [5, 5.41) is 25.7. The quantitative estimate of drug-likeness (QED) is 0.222. The van der Waals surface area contributed by atoms with Crippen LogP contribution in [0.25, 0.3) is 5.69 Å². The molecule has 4 rings (SSSR count). The zero-order valence-corrected chi connectivity index (χ0v) is 18.2. The number of anilines is 1. The molecule has 2 amide bonds. The van der Waals surface area contributed by atoms with E-state index in [1.54, 1.807) is 28.8 Å². The van der Waals surface area contributed by atoms with Crippen molar-refractivity contribution in [3.05, 3.63) is 106 Å². The van der Waals surface area contributed by atoms with Gasteiger partial charge in [-0.25, -0.2) is 4.79 Å². The number of para-hydroxylation sites is 1. The average molecular weight is 461 g/mol. The molecule has 0 unspecified atom stereocenters. The van der Waals surface area contributed by atoms with Gasteiger partial charge in [0.05, 0.1) is 11.5 Å². The van der Waals surface area contributed by atoms with E-state index in [4.69, 9.17) is 0 Å². The van der Waals surface area contributed by atoms with Crippen LogP contribution in [0.2, 0.25) is 0 Å². The van der Waals surface area contributed by atoms with E-state index >= 15 is 0 Å². The predicted octanol–water partition coefficient (Wildman–Crippen LogP) is 4.79. The Kier molecular flexibility index (Phi) is 6.96. The highest BCUT2D eigenvalue weighted by atomic mass is 32.2. The van der Waals surface area contributed by atoms with Gasteiger partial charge in [-0.1, -0.05) is 60.3 Å². The zero-order chi connectivity index (χ0) is 23.0. The van der Waals surface area contributed by atoms with Crippen LogP contribution >= 0.6 is 11.8 Å². The van der Waals surface area contributed by atoms with Crippen LogP contribution in [0.3, 0.4) is 0 Å². The van der Waals surface area contributed by atoms with Crippen LogP contribution < -0.4 is 10.6 Å². The van der Waals surface area contributed by atoms with Crippen molar-refractivity contribution in [3.63, 3.8) is 0 Å². The number of nitrogens with zero attached hydrogens (tertiary/aromatic N) is 4. The number of urea groups is 1. The maximum atomic E-state index is 12.3. The van der Waals surface area contributed by atoms with Crippen LogP contribution in [-0.4, -0.2) is 25.7 Å². The molecule has 1 aromatic heterocycles. The van der Waals surface area contributed by atoms with Gasteiger partial charge in [-0.2, -0.15) is 0 Å². The van der Waals surface area contributed by atoms with Crippen molar-refractivity contribution in [2.45, 2.75) is 17.5 Å². The van der Waals surface area contributed by atoms with Crippen molar-refractivity contribution in [2.24, 2.45) is 0 Å². The van der Waals surface area contributed by atoms with Gasteiger partial charge >= 0.3 is 6.03 Å². The van der Waals surface area contributed by atoms with E-state index < -0.39 is 4.92 Å². The van der Waals surface area contributed by atoms with Crippen LogP contribution in [0.4, 0.5) is 16.2 Å². The predicted molar refractivity (Wildman–Crippen MR) is 126 cm³/mol. The van der Waals surface area contributed by atoms with E-state index in [0.29, 0.717) is 28.1 Å². The first-order valence-electron chi connectivity index (χ1n) is 10.1. The van der Waals surface area contributed by atoms with Crippen LogP contribution in [0.15, 0.2) is 90.1 Å². The molecule has 33 heavy (non-hydrogen) atoms. The van der Waals surface area contributed by atoms with Crippen LogP contribution in [0.1, 0.15) is 11.4 Å². The number of thioether (sulfide) groups is 1. The molecule has 0 aliphatic carbocycles. The third-order valence-electron chi connectivity index (χ3n) is 4.67. The van der Waals surface area contributed by atoms with Crippen LogP contribution in [0, 0.1) is 10.1 Å². The largest absolute Gasteiger partial charge is 0.331 e. The fourth-order valence-corrected chi connectivity index (χ4v) is 4.00. The number of carbonyl (C=O) groups is 1. The van der Waals surface area contributed by atoms with Gasteiger partial charge < -0.3 is 10.6 Å². The van der Waals surface area contributed by atoms with Gasteiger partial charge in [0, 0.05) is 29.3 Å². The van der Waals surface area contributed by atoms with E-state index in [0.717, 1.165) is 5.56 Å². The summed E-state index contributed by atoms with van der Waals surface area (Å²) in [6.45, 7) is 0.120. The summed E-state index contributed by atoms with van der Waals surface area (Å²) in [6.07, 6.45) is 0. The molecule has 9 nitrogen and oxygen atoms in total. The Balaban J connectivity index is 1.54. The van der Waals surface area contributed by atoms with Crippen molar-refractivity contribution < 1.29 is 9.72 Å². The van der Waals surface area contributed by atoms with E-state index in [9.17, 15) is 14.9 Å². The van der Waals surface area contributed by atoms with Gasteiger partial charge in [0.2, 0.25) is 0 Å². The number of nitrogens with one attached hydrogen (secondary N) is 2. The highest BCUT2D eigenvalue weighted by Gasteiger charge is 2.17. The molecular weight excluding hydrogens is 440 g/mol. The average Bonchev–Trinajstić information content (AvgIpc) is 3.25. The van der Waals surface area contributed by atoms with Gasteiger partial charge in [-0.3, -0.25) is 14.7 Å². The molecule has 10 heteroatoms. The van der Waals surface area contributed by atoms with Crippen molar-refractivity contribution in [3.8, 4) is 5.69 Å². The minimum Gasteiger partial charge on any atom is -0.331 e. The van der Waals surface area contributed by atoms with Gasteiger partial charge in [-0.05, 0) is 29.8 Å². The van der Waals surface area contributed by atoms with E-state index in [1.165, 1.54) is 23.9 Å². The second-order valence-corrected chi connectivity index (χ2v) is 7.90. The van der Waals surface area contributed by atoms with Gasteiger partial charge in [0.25, 0.3) is 5.69 Å². The standard InChI is InChI=1S/C23H20N6O3S/c30-22(25-18-9-5-2-6-10-18)24-15-21-26-27-23(33-16-17-7-3-1-4-8-17)28(21)19-11-13-20(14-12-19)29(31)32/h1-14H,15-16H2,(H2,24,25,30). The molecule has 0 fully saturated rings. The molecule has 0 radical (unpaired) electrons. The molecule has 166 valence electrons. The molecule has 0 aliphatic heterocycles. The first kappa shape index (κ1) is 22.0. The van der Waals surface area contributed by atoms with Gasteiger partial charge in [-0.15, -0.1) is 10.2 Å². The maximum Gasteiger partial charge on any atom is 0.319 e. The van der Waals surface area contributed by atoms with E-state index in [2.05, 4.69) is 20.8 Å². The van der Waals surface area contributed by atoms with Crippen molar-refractivity contribution in [1.82, 2.24) is 20.1 Å². The van der Waals surface area contributed by atoms with Gasteiger partial charge in [0.1, 0.15) is 0 Å². The highest BCUT2D eigenvalue weighted by molar-refractivity contribution is 7.98. The highest BCUT2D eigenvalue weighted by Crippen LogP contribution is 2.26. The second-order valence-electron chi connectivity index (χ2n) is 6.96. The molecule has 0 bridgehead atoms. The number of carbonyl (C=O) groups excluding carboxylic acids is 1. The Morgan fingerprint density at radius 1 is 0.939 bits per heavy atom. The Bertz CT molecular complexity index is 1230. The summed E-state index contributed by atoms with van der Waals surface area (Å²) in [5.74, 6) is 1.18. The third-order valence-corrected chi connectivity index (χ3v) is 5.67. The number of hydrogen-bond acceptors (Lipinski definition) is 6. The number of nitro benzene ring substituents is 1. The number of benzene rings is 3. The molecule has 3 aromatic carbocycles. The maximum absolute atomic E-state index is 12.3. The van der Waals surface area contributed by atoms with Crippen molar-refractivity contribution >= 4 is 29.2 Å². The summed E-state index contributed by atoms with van der Waals surface area (Å²) < 4.78 is 1.79. The number of aromatic nitrogens is 3. The summed E-state index contributed by atoms with van der Waals surface area (Å²) in [7, 11) is 0. The monoisotopic (exact) mass is 460 g/mol. The SMILES string of the molecule is O=C(NCc1nnc(SCc2ccccc2)n1-c1ccc([N+](=O)[O-])cc1)Nc1ccccc1. The number of nitro groups is 1. The molecule has 4 aromatic rings. The van der Waals surface area contributed by atoms with Gasteiger partial charge in [0.15, 0.2) is 11.0 Å². The Hall–Kier alpha value is -4.18. The minimum atomic E-state index is -0.447. The Morgan fingerprint density at radius 3 is 2.27 bits per heavy atom. The lowest BCUT2D eigenvalue weighted by Gasteiger charge is -2.11. The molecule has 0 spiro atoms. The third kappa shape index (κ3) is 5.74. The normalized spacial score (nSPS) is 10.5. The van der Waals surface area contributed by atoms with Crippen molar-refractivity contribution in [2.75, 3.05) is 5.32 Å². The van der Waals surface area contributed by atoms with Crippen LogP contribution in [-0.2, 0) is 12.3 Å². The van der Waals surface area contributed by atoms with E-state index in [1.807, 2.05) is 48.5 Å². The topological polar surface area (TPSA) is 115 Å². The Labute approximate surface area is 194 Å². The first-order chi connectivity index (χ1) is 16.1. The molecule has 0 atom stereocenters. The zero-order valence-electron chi connectivity index (χ0n) is 17.4. The summed E-state index contributed by atoms with van der Waals surface area (Å²) in [6, 6.07) is 24.8. The lowest BCUT2D eigenvalue weighted by molar-refractivity contribution is -0.384. The summed E-state index contributed by atoms with van der Waals surface area (Å²) in [5.41, 5.74) is 2.46. The Morgan fingerprint density at radius 2 is 1.61 bits per heavy atom. The lowest BCUT2D eigenvalue weighted by atomic mass is 10.2. The number of non-ortho nitro benzene ring substituents is 1. The lowest BCUT2D eigenvalue weighted by Crippen LogP contribution is -2.29. The molecule has 0 saturated heterocycles. The number of amides is 2. The molecular formula is C23H20N6O3S. The fraction of sp³-hybridized carbons (Fsp3) is 0.0870. The first-order valence-corrected chi connectivity index (χ1v) is 11.0. The molecule has 0 saturated carbocycles. The fourth-order valence-electron chi connectivity index (χ4n) is 3.07. The van der Waals surface area contributed by atoms with E-state index in [-0.39, 0.29) is 18.3 Å².